The van der Waals surface area contributed by atoms with E-state index in [1.807, 2.05) is 26.0 Å². The highest BCUT2D eigenvalue weighted by Crippen LogP contribution is 2.24. The third-order valence-corrected chi connectivity index (χ3v) is 2.25. The summed E-state index contributed by atoms with van der Waals surface area (Å²) in [5.41, 5.74) is 3.02. The van der Waals surface area contributed by atoms with Gasteiger partial charge in [-0.05, 0) is 43.2 Å². The molecule has 15 heavy (non-hydrogen) atoms. The zero-order valence-corrected chi connectivity index (χ0v) is 9.07. The van der Waals surface area contributed by atoms with E-state index in [0.29, 0.717) is 5.75 Å². The SMILES string of the molecule is COc1cc(C)c(C)cc1C=CC(=O)O. The first kappa shape index (κ1) is 11.3. The Morgan fingerprint density at radius 3 is 2.47 bits per heavy atom. The topological polar surface area (TPSA) is 46.5 Å². The van der Waals surface area contributed by atoms with Gasteiger partial charge in [-0.25, -0.2) is 4.79 Å². The molecule has 0 unspecified atom stereocenters. The maximum absolute atomic E-state index is 10.4. The number of aliphatic carboxylic acids is 1. The quantitative estimate of drug-likeness (QED) is 0.772. The normalized spacial score (nSPS) is 10.6. The molecule has 0 bridgehead atoms. The average molecular weight is 206 g/mol. The number of hydrogen-bond donors (Lipinski definition) is 1. The molecule has 0 aliphatic carbocycles. The second-order valence-corrected chi connectivity index (χ2v) is 3.35. The molecule has 0 radical (unpaired) electrons. The number of aryl methyl sites for hydroxylation is 2. The third kappa shape index (κ3) is 2.84. The van der Waals surface area contributed by atoms with Crippen LogP contribution < -0.4 is 4.74 Å². The third-order valence-electron chi connectivity index (χ3n) is 2.25. The lowest BCUT2D eigenvalue weighted by molar-refractivity contribution is -0.131. The second kappa shape index (κ2) is 4.64. The molecule has 80 valence electrons. The van der Waals surface area contributed by atoms with Crippen LogP contribution in [-0.4, -0.2) is 18.2 Å². The molecule has 0 aliphatic rings. The minimum absolute atomic E-state index is 0.690. The van der Waals surface area contributed by atoms with Crippen molar-refractivity contribution in [1.29, 1.82) is 0 Å². The van der Waals surface area contributed by atoms with Gasteiger partial charge in [-0.2, -0.15) is 0 Å². The van der Waals surface area contributed by atoms with Gasteiger partial charge < -0.3 is 9.84 Å². The lowest BCUT2D eigenvalue weighted by Gasteiger charge is -2.08. The first-order valence-corrected chi connectivity index (χ1v) is 4.61. The predicted octanol–water partition coefficient (Wildman–Crippen LogP) is 2.41. The van der Waals surface area contributed by atoms with Crippen LogP contribution in [0.15, 0.2) is 18.2 Å². The van der Waals surface area contributed by atoms with Crippen molar-refractivity contribution in [3.8, 4) is 5.75 Å². The fourth-order valence-electron chi connectivity index (χ4n) is 1.28. The van der Waals surface area contributed by atoms with E-state index >= 15 is 0 Å². The Kier molecular flexibility index (Phi) is 3.50. The molecule has 3 heteroatoms. The van der Waals surface area contributed by atoms with Crippen LogP contribution in [0.25, 0.3) is 6.08 Å². The van der Waals surface area contributed by atoms with Gasteiger partial charge >= 0.3 is 5.97 Å². The molecule has 0 saturated carbocycles. The molecule has 0 atom stereocenters. The summed E-state index contributed by atoms with van der Waals surface area (Å²) < 4.78 is 5.17. The molecule has 0 fully saturated rings. The van der Waals surface area contributed by atoms with E-state index < -0.39 is 5.97 Å². The first-order valence-electron chi connectivity index (χ1n) is 4.61. The van der Waals surface area contributed by atoms with Gasteiger partial charge in [-0.3, -0.25) is 0 Å². The van der Waals surface area contributed by atoms with E-state index in [1.165, 1.54) is 6.08 Å². The standard InChI is InChI=1S/C12H14O3/c1-8-6-10(4-5-12(13)14)11(15-3)7-9(8)2/h4-7H,1-3H3,(H,13,14). The summed E-state index contributed by atoms with van der Waals surface area (Å²) in [6, 6.07) is 3.81. The molecular formula is C12H14O3. The van der Waals surface area contributed by atoms with Crippen molar-refractivity contribution in [1.82, 2.24) is 0 Å². The molecule has 1 aromatic rings. The van der Waals surface area contributed by atoms with Crippen LogP contribution in [-0.2, 0) is 4.79 Å². The Labute approximate surface area is 89.0 Å². The molecular weight excluding hydrogens is 192 g/mol. The van der Waals surface area contributed by atoms with Gasteiger partial charge in [-0.1, -0.05) is 0 Å². The fourth-order valence-corrected chi connectivity index (χ4v) is 1.28. The van der Waals surface area contributed by atoms with Gasteiger partial charge in [0.05, 0.1) is 7.11 Å². The summed E-state index contributed by atoms with van der Waals surface area (Å²) in [6.07, 6.45) is 2.64. The average Bonchev–Trinajstić information content (AvgIpc) is 2.19. The molecule has 1 rings (SSSR count). The van der Waals surface area contributed by atoms with Crippen LogP contribution in [0.3, 0.4) is 0 Å². The number of ether oxygens (including phenoxy) is 1. The van der Waals surface area contributed by atoms with Crippen LogP contribution >= 0.6 is 0 Å². The van der Waals surface area contributed by atoms with Crippen molar-refractivity contribution in [3.63, 3.8) is 0 Å². The number of benzene rings is 1. The van der Waals surface area contributed by atoms with E-state index in [-0.39, 0.29) is 0 Å². The minimum Gasteiger partial charge on any atom is -0.496 e. The largest absolute Gasteiger partial charge is 0.496 e. The Morgan fingerprint density at radius 2 is 1.93 bits per heavy atom. The molecule has 0 saturated heterocycles. The highest BCUT2D eigenvalue weighted by atomic mass is 16.5. The summed E-state index contributed by atoms with van der Waals surface area (Å²) in [7, 11) is 1.57. The van der Waals surface area contributed by atoms with E-state index in [0.717, 1.165) is 22.8 Å². The maximum atomic E-state index is 10.4. The van der Waals surface area contributed by atoms with Gasteiger partial charge in [0.2, 0.25) is 0 Å². The fraction of sp³-hybridized carbons (Fsp3) is 0.250. The Morgan fingerprint density at radius 1 is 1.33 bits per heavy atom. The molecule has 0 aromatic heterocycles. The molecule has 1 aromatic carbocycles. The van der Waals surface area contributed by atoms with Crippen molar-refractivity contribution >= 4 is 12.0 Å². The van der Waals surface area contributed by atoms with E-state index in [4.69, 9.17) is 9.84 Å². The van der Waals surface area contributed by atoms with Crippen molar-refractivity contribution in [2.75, 3.05) is 7.11 Å². The monoisotopic (exact) mass is 206 g/mol. The van der Waals surface area contributed by atoms with Crippen molar-refractivity contribution < 1.29 is 14.6 Å². The number of hydrogen-bond acceptors (Lipinski definition) is 2. The van der Waals surface area contributed by atoms with Gasteiger partial charge in [-0.15, -0.1) is 0 Å². The zero-order valence-electron chi connectivity index (χ0n) is 9.07. The van der Waals surface area contributed by atoms with E-state index in [1.54, 1.807) is 7.11 Å². The number of carboxylic acids is 1. The lowest BCUT2D eigenvalue weighted by Crippen LogP contribution is -1.92. The Hall–Kier alpha value is -1.77. The number of methoxy groups -OCH3 is 1. The number of rotatable bonds is 3. The van der Waals surface area contributed by atoms with E-state index in [2.05, 4.69) is 0 Å². The molecule has 1 N–H and O–H groups in total. The maximum Gasteiger partial charge on any atom is 0.328 e. The minimum atomic E-state index is -0.963. The second-order valence-electron chi connectivity index (χ2n) is 3.35. The molecule has 0 spiro atoms. The van der Waals surface area contributed by atoms with Crippen LogP contribution in [0, 0.1) is 13.8 Å². The van der Waals surface area contributed by atoms with Crippen LogP contribution in [0.2, 0.25) is 0 Å². The highest BCUT2D eigenvalue weighted by Gasteiger charge is 2.03. The summed E-state index contributed by atoms with van der Waals surface area (Å²) >= 11 is 0. The van der Waals surface area contributed by atoms with Gasteiger partial charge in [0, 0.05) is 11.6 Å². The molecule has 3 nitrogen and oxygen atoms in total. The summed E-state index contributed by atoms with van der Waals surface area (Å²) in [6.45, 7) is 3.97. The predicted molar refractivity (Wildman–Crippen MR) is 59.1 cm³/mol. The van der Waals surface area contributed by atoms with Crippen molar-refractivity contribution in [2.45, 2.75) is 13.8 Å². The first-order chi connectivity index (χ1) is 7.04. The highest BCUT2D eigenvalue weighted by molar-refractivity contribution is 5.86. The van der Waals surface area contributed by atoms with Gasteiger partial charge in [0.1, 0.15) is 5.75 Å². The number of carbonyl (C=O) groups is 1. The van der Waals surface area contributed by atoms with Crippen molar-refractivity contribution in [3.05, 3.63) is 34.9 Å². The molecule has 0 amide bonds. The smallest absolute Gasteiger partial charge is 0.328 e. The summed E-state index contributed by atoms with van der Waals surface area (Å²) in [5.74, 6) is -0.272. The molecule has 0 heterocycles. The van der Waals surface area contributed by atoms with Crippen LogP contribution in [0.5, 0.6) is 5.75 Å². The number of carboxylic acid groups (broad SMARTS) is 1. The van der Waals surface area contributed by atoms with Gasteiger partial charge in [0.15, 0.2) is 0 Å². The molecule has 0 aliphatic heterocycles. The van der Waals surface area contributed by atoms with Crippen molar-refractivity contribution in [2.24, 2.45) is 0 Å². The lowest BCUT2D eigenvalue weighted by atomic mass is 10.0. The van der Waals surface area contributed by atoms with E-state index in [9.17, 15) is 4.79 Å². The van der Waals surface area contributed by atoms with Gasteiger partial charge in [0.25, 0.3) is 0 Å². The zero-order chi connectivity index (χ0) is 11.4. The Balaban J connectivity index is 3.16. The summed E-state index contributed by atoms with van der Waals surface area (Å²) in [5, 5.41) is 8.53. The van der Waals surface area contributed by atoms with Crippen LogP contribution in [0.4, 0.5) is 0 Å². The van der Waals surface area contributed by atoms with Crippen LogP contribution in [0.1, 0.15) is 16.7 Å². The Bertz CT molecular complexity index is 406. The summed E-state index contributed by atoms with van der Waals surface area (Å²) in [4.78, 5) is 10.4.